The maximum absolute atomic E-state index is 5.78. The highest BCUT2D eigenvalue weighted by Crippen LogP contribution is 2.34. The third-order valence-corrected chi connectivity index (χ3v) is 5.51. The molecule has 0 rings (SSSR count). The van der Waals surface area contributed by atoms with Gasteiger partial charge < -0.3 is 0 Å². The van der Waals surface area contributed by atoms with Crippen LogP contribution in [-0.2, 0) is 39.1 Å². The highest BCUT2D eigenvalue weighted by molar-refractivity contribution is 4.77. The minimum absolute atomic E-state index is 0.0818. The molecular formula is C28H58O8. The van der Waals surface area contributed by atoms with Crippen LogP contribution in [0.2, 0.25) is 0 Å². The van der Waals surface area contributed by atoms with Gasteiger partial charge in [0.15, 0.2) is 0 Å². The molecule has 0 radical (unpaired) electrons. The van der Waals surface area contributed by atoms with E-state index in [1.54, 1.807) is 20.8 Å². The summed E-state index contributed by atoms with van der Waals surface area (Å²) in [4.78, 5) is 45.8. The van der Waals surface area contributed by atoms with E-state index in [1.165, 1.54) is 0 Å². The van der Waals surface area contributed by atoms with Crippen molar-refractivity contribution in [2.24, 2.45) is 10.8 Å². The molecular weight excluding hydrogens is 464 g/mol. The zero-order chi connectivity index (χ0) is 28.7. The van der Waals surface area contributed by atoms with Crippen molar-refractivity contribution in [1.82, 2.24) is 0 Å². The van der Waals surface area contributed by atoms with Crippen LogP contribution < -0.4 is 0 Å². The standard InChI is InChI=1S/C28H58O8/c1-17-26(14,31-29-24(10,11)20-22(4,5)6)33-35-28(16,19-3)36-34-27(15,18-2)32-30-25(12,13)21-23(7,8)9/h17-21H2,1-16H3. The lowest BCUT2D eigenvalue weighted by atomic mass is 9.84. The van der Waals surface area contributed by atoms with Crippen molar-refractivity contribution < 1.29 is 39.1 Å². The third kappa shape index (κ3) is 15.2. The van der Waals surface area contributed by atoms with E-state index < -0.39 is 28.6 Å². The van der Waals surface area contributed by atoms with Crippen LogP contribution in [0.4, 0.5) is 0 Å². The summed E-state index contributed by atoms with van der Waals surface area (Å²) in [7, 11) is 0. The predicted octanol–water partition coefficient (Wildman–Crippen LogP) is 8.59. The molecule has 8 nitrogen and oxygen atoms in total. The number of hydrogen-bond donors (Lipinski definition) is 0. The van der Waals surface area contributed by atoms with Gasteiger partial charge in [0.2, 0.25) is 17.4 Å². The average Bonchev–Trinajstić information content (AvgIpc) is 2.70. The van der Waals surface area contributed by atoms with Crippen LogP contribution >= 0.6 is 0 Å². The minimum Gasteiger partial charge on any atom is -0.228 e. The van der Waals surface area contributed by atoms with Crippen LogP contribution in [-0.4, -0.2) is 28.6 Å². The summed E-state index contributed by atoms with van der Waals surface area (Å²) in [5, 5.41) is 0. The molecule has 0 aromatic heterocycles. The zero-order valence-corrected chi connectivity index (χ0v) is 26.3. The molecule has 0 fully saturated rings. The largest absolute Gasteiger partial charge is 0.231 e. The second kappa shape index (κ2) is 13.2. The number of rotatable bonds is 17. The summed E-state index contributed by atoms with van der Waals surface area (Å²) in [6.07, 6.45) is 2.99. The lowest BCUT2D eigenvalue weighted by Crippen LogP contribution is -2.44. The van der Waals surface area contributed by atoms with E-state index >= 15 is 0 Å². The maximum Gasteiger partial charge on any atom is 0.231 e. The summed E-state index contributed by atoms with van der Waals surface area (Å²) < 4.78 is 0. The van der Waals surface area contributed by atoms with Crippen LogP contribution in [0.15, 0.2) is 0 Å². The average molecular weight is 523 g/mol. The molecule has 0 aliphatic rings. The van der Waals surface area contributed by atoms with Gasteiger partial charge in [-0.25, -0.2) is 9.78 Å². The Balaban J connectivity index is 5.10. The fraction of sp³-hybridized carbons (Fsp3) is 1.00. The van der Waals surface area contributed by atoms with Crippen molar-refractivity contribution in [3.8, 4) is 0 Å². The predicted molar refractivity (Wildman–Crippen MR) is 141 cm³/mol. The van der Waals surface area contributed by atoms with E-state index in [4.69, 9.17) is 39.1 Å². The van der Waals surface area contributed by atoms with Crippen LogP contribution in [0.1, 0.15) is 143 Å². The van der Waals surface area contributed by atoms with Gasteiger partial charge in [-0.05, 0) is 72.1 Å². The van der Waals surface area contributed by atoms with Gasteiger partial charge in [0.1, 0.15) is 0 Å². The molecule has 8 heteroatoms. The topological polar surface area (TPSA) is 73.8 Å². The fourth-order valence-electron chi connectivity index (χ4n) is 3.76. The maximum atomic E-state index is 5.78. The molecule has 0 aliphatic carbocycles. The Morgan fingerprint density at radius 1 is 0.333 bits per heavy atom. The lowest BCUT2D eigenvalue weighted by molar-refractivity contribution is -0.611. The molecule has 36 heavy (non-hydrogen) atoms. The van der Waals surface area contributed by atoms with Gasteiger partial charge in [0.05, 0.1) is 11.2 Å². The summed E-state index contributed by atoms with van der Waals surface area (Å²) >= 11 is 0. The van der Waals surface area contributed by atoms with Crippen LogP contribution in [0.25, 0.3) is 0 Å². The Kier molecular flexibility index (Phi) is 13.0. The SMILES string of the molecule is CCC(C)(OOC(C)(C)CC(C)(C)C)OOC(C)(CC)OOC(C)(CC)OOC(C)(C)CC(C)(C)C. The first-order valence-corrected chi connectivity index (χ1v) is 13.4. The van der Waals surface area contributed by atoms with Gasteiger partial charge in [-0.1, -0.05) is 62.3 Å². The first kappa shape index (κ1) is 35.7. The van der Waals surface area contributed by atoms with Crippen LogP contribution in [0, 0.1) is 10.8 Å². The summed E-state index contributed by atoms with van der Waals surface area (Å²) in [6.45, 7) is 31.8. The van der Waals surface area contributed by atoms with Gasteiger partial charge in [-0.15, -0.1) is 0 Å². The minimum atomic E-state index is -1.23. The van der Waals surface area contributed by atoms with Gasteiger partial charge >= 0.3 is 0 Å². The molecule has 218 valence electrons. The Morgan fingerprint density at radius 2 is 0.528 bits per heavy atom. The molecule has 0 amide bonds. The van der Waals surface area contributed by atoms with Crippen molar-refractivity contribution in [1.29, 1.82) is 0 Å². The van der Waals surface area contributed by atoms with Crippen molar-refractivity contribution >= 4 is 0 Å². The highest BCUT2D eigenvalue weighted by Gasteiger charge is 2.40. The van der Waals surface area contributed by atoms with Crippen molar-refractivity contribution in [2.75, 3.05) is 0 Å². The molecule has 0 saturated heterocycles. The molecule has 0 bridgehead atoms. The van der Waals surface area contributed by atoms with E-state index in [9.17, 15) is 0 Å². The lowest BCUT2D eigenvalue weighted by Gasteiger charge is -2.38. The smallest absolute Gasteiger partial charge is 0.228 e. The van der Waals surface area contributed by atoms with E-state index in [0.29, 0.717) is 19.3 Å². The Morgan fingerprint density at radius 3 is 0.694 bits per heavy atom. The van der Waals surface area contributed by atoms with E-state index in [2.05, 4.69) is 41.5 Å². The Bertz CT molecular complexity index is 584. The molecule has 0 N–H and O–H groups in total. The zero-order valence-electron chi connectivity index (χ0n) is 26.3. The molecule has 0 heterocycles. The van der Waals surface area contributed by atoms with E-state index in [0.717, 1.165) is 12.8 Å². The molecule has 0 spiro atoms. The first-order valence-electron chi connectivity index (χ1n) is 13.4. The second-order valence-corrected chi connectivity index (χ2v) is 14.1. The molecule has 0 aromatic rings. The number of hydrogen-bond acceptors (Lipinski definition) is 8. The molecule has 0 aliphatic heterocycles. The van der Waals surface area contributed by atoms with Crippen LogP contribution in [0.3, 0.4) is 0 Å². The quantitative estimate of drug-likeness (QED) is 0.107. The van der Waals surface area contributed by atoms with Crippen molar-refractivity contribution in [3.63, 3.8) is 0 Å². The highest BCUT2D eigenvalue weighted by atomic mass is 17.4. The Labute approximate surface area is 221 Å². The molecule has 2 unspecified atom stereocenters. The van der Waals surface area contributed by atoms with Gasteiger partial charge in [-0.3, -0.25) is 0 Å². The summed E-state index contributed by atoms with van der Waals surface area (Å²) in [5.74, 6) is -3.54. The van der Waals surface area contributed by atoms with Gasteiger partial charge in [-0.2, -0.15) is 29.3 Å². The molecule has 0 saturated carbocycles. The Hall–Kier alpha value is -0.320. The van der Waals surface area contributed by atoms with E-state index in [1.807, 2.05) is 48.5 Å². The monoisotopic (exact) mass is 522 g/mol. The fourth-order valence-corrected chi connectivity index (χ4v) is 3.76. The molecule has 2 atom stereocenters. The second-order valence-electron chi connectivity index (χ2n) is 14.1. The summed E-state index contributed by atoms with van der Waals surface area (Å²) in [5.41, 5.74) is -0.851. The third-order valence-electron chi connectivity index (χ3n) is 5.51. The summed E-state index contributed by atoms with van der Waals surface area (Å²) in [6, 6.07) is 0. The van der Waals surface area contributed by atoms with Crippen LogP contribution in [0.5, 0.6) is 0 Å². The van der Waals surface area contributed by atoms with Crippen molar-refractivity contribution in [3.05, 3.63) is 0 Å². The normalized spacial score (nSPS) is 19.0. The molecule has 0 aromatic carbocycles. The van der Waals surface area contributed by atoms with Gasteiger partial charge in [0.25, 0.3) is 0 Å². The first-order chi connectivity index (χ1) is 15.9. The van der Waals surface area contributed by atoms with E-state index in [-0.39, 0.29) is 10.8 Å². The van der Waals surface area contributed by atoms with Gasteiger partial charge in [0, 0.05) is 19.3 Å². The van der Waals surface area contributed by atoms with Crippen molar-refractivity contribution in [2.45, 2.75) is 171 Å².